The molecule has 0 radical (unpaired) electrons. The van der Waals surface area contributed by atoms with Gasteiger partial charge in [-0.15, -0.1) is 0 Å². The molecule has 2 aromatic carbocycles. The molecule has 0 atom stereocenters. The third-order valence-corrected chi connectivity index (χ3v) is 5.05. The number of pyridine rings is 1. The fraction of sp³-hybridized carbons (Fsp3) is 0.136. The molecule has 0 saturated carbocycles. The van der Waals surface area contributed by atoms with Crippen molar-refractivity contribution in [1.82, 2.24) is 25.0 Å². The number of nitrogens with zero attached hydrogens (tertiary/aromatic N) is 4. The predicted molar refractivity (Wildman–Crippen MR) is 110 cm³/mol. The van der Waals surface area contributed by atoms with Gasteiger partial charge in [0.05, 0.1) is 29.0 Å². The summed E-state index contributed by atoms with van der Waals surface area (Å²) in [5.74, 6) is 1.61. The number of hydrogen-bond donors (Lipinski definition) is 1. The quantitative estimate of drug-likeness (QED) is 0.490. The smallest absolute Gasteiger partial charge is 0.161 e. The molecule has 6 nitrogen and oxygen atoms in total. The predicted octanol–water partition coefficient (Wildman–Crippen LogP) is 4.92. The number of aryl methyl sites for hydroxylation is 3. The summed E-state index contributed by atoms with van der Waals surface area (Å²) in [6, 6.07) is 14.2. The van der Waals surface area contributed by atoms with Crippen LogP contribution < -0.4 is 4.74 Å². The van der Waals surface area contributed by atoms with Crippen molar-refractivity contribution in [1.29, 1.82) is 0 Å². The number of rotatable bonds is 3. The molecule has 28 heavy (non-hydrogen) atoms. The van der Waals surface area contributed by atoms with Crippen molar-refractivity contribution in [2.75, 3.05) is 0 Å². The number of fused-ring (bicyclic) bond motifs is 2. The molecule has 6 heteroatoms. The first-order chi connectivity index (χ1) is 13.6. The SMILES string of the molecule is Cc1cccc(C)c1Oc1cc(-c2cccc3[nH]ncc23)nc2c1cnn2C. The minimum absolute atomic E-state index is 0.742. The molecule has 5 aromatic rings. The highest BCUT2D eigenvalue weighted by molar-refractivity contribution is 5.95. The Labute approximate surface area is 161 Å². The van der Waals surface area contributed by atoms with Crippen LogP contribution >= 0.6 is 0 Å². The summed E-state index contributed by atoms with van der Waals surface area (Å²) in [6.07, 6.45) is 3.62. The van der Waals surface area contributed by atoms with Crippen LogP contribution in [-0.4, -0.2) is 25.0 Å². The maximum absolute atomic E-state index is 6.41. The summed E-state index contributed by atoms with van der Waals surface area (Å²) in [4.78, 5) is 4.86. The van der Waals surface area contributed by atoms with Crippen molar-refractivity contribution in [2.24, 2.45) is 7.05 Å². The van der Waals surface area contributed by atoms with Gasteiger partial charge in [0.25, 0.3) is 0 Å². The van der Waals surface area contributed by atoms with Crippen LogP contribution in [0.25, 0.3) is 33.2 Å². The van der Waals surface area contributed by atoms with E-state index < -0.39 is 0 Å². The zero-order valence-electron chi connectivity index (χ0n) is 15.9. The van der Waals surface area contributed by atoms with E-state index in [1.165, 1.54) is 0 Å². The lowest BCUT2D eigenvalue weighted by atomic mass is 10.1. The van der Waals surface area contributed by atoms with Crippen molar-refractivity contribution in [2.45, 2.75) is 13.8 Å². The Kier molecular flexibility index (Phi) is 3.65. The zero-order chi connectivity index (χ0) is 19.3. The Morgan fingerprint density at radius 2 is 1.75 bits per heavy atom. The summed E-state index contributed by atoms with van der Waals surface area (Å²) in [5, 5.41) is 13.5. The highest BCUT2D eigenvalue weighted by Gasteiger charge is 2.16. The highest BCUT2D eigenvalue weighted by atomic mass is 16.5. The molecular formula is C22H19N5O. The second kappa shape index (κ2) is 6.20. The first-order valence-corrected chi connectivity index (χ1v) is 9.11. The summed E-state index contributed by atoms with van der Waals surface area (Å²) in [7, 11) is 1.89. The maximum atomic E-state index is 6.41. The lowest BCUT2D eigenvalue weighted by Crippen LogP contribution is -1.96. The standard InChI is InChI=1S/C22H19N5O/c1-13-6-4-7-14(2)21(13)28-20-10-19(25-22-17(20)12-24-27(22)3)15-8-5-9-18-16(15)11-23-26-18/h4-12H,1-3H3,(H,23,26). The van der Waals surface area contributed by atoms with Gasteiger partial charge in [-0.25, -0.2) is 4.98 Å². The van der Waals surface area contributed by atoms with Gasteiger partial charge in [-0.2, -0.15) is 10.2 Å². The fourth-order valence-electron chi connectivity index (χ4n) is 3.57. The number of nitrogens with one attached hydrogen (secondary N) is 1. The largest absolute Gasteiger partial charge is 0.456 e. The minimum Gasteiger partial charge on any atom is -0.456 e. The molecule has 0 bridgehead atoms. The van der Waals surface area contributed by atoms with Gasteiger partial charge in [-0.05, 0) is 31.0 Å². The van der Waals surface area contributed by atoms with E-state index in [0.717, 1.165) is 55.8 Å². The lowest BCUT2D eigenvalue weighted by molar-refractivity contribution is 0.480. The van der Waals surface area contributed by atoms with E-state index in [1.54, 1.807) is 10.9 Å². The normalized spacial score (nSPS) is 11.4. The summed E-state index contributed by atoms with van der Waals surface area (Å²) >= 11 is 0. The number of benzene rings is 2. The van der Waals surface area contributed by atoms with Crippen LogP contribution in [0.2, 0.25) is 0 Å². The minimum atomic E-state index is 0.742. The Morgan fingerprint density at radius 3 is 2.57 bits per heavy atom. The molecule has 0 aliphatic carbocycles. The van der Waals surface area contributed by atoms with E-state index >= 15 is 0 Å². The molecule has 0 amide bonds. The number of para-hydroxylation sites is 1. The fourth-order valence-corrected chi connectivity index (χ4v) is 3.57. The van der Waals surface area contributed by atoms with Gasteiger partial charge < -0.3 is 4.74 Å². The average molecular weight is 369 g/mol. The van der Waals surface area contributed by atoms with Gasteiger partial charge in [-0.3, -0.25) is 9.78 Å². The first kappa shape index (κ1) is 16.5. The Hall–Kier alpha value is -3.67. The maximum Gasteiger partial charge on any atom is 0.161 e. The van der Waals surface area contributed by atoms with Gasteiger partial charge in [0, 0.05) is 24.1 Å². The molecule has 3 heterocycles. The molecule has 5 rings (SSSR count). The van der Waals surface area contributed by atoms with Crippen molar-refractivity contribution in [3.8, 4) is 22.8 Å². The molecule has 0 aliphatic heterocycles. The van der Waals surface area contributed by atoms with Gasteiger partial charge in [0.1, 0.15) is 11.5 Å². The van der Waals surface area contributed by atoms with Gasteiger partial charge in [0.15, 0.2) is 5.65 Å². The number of hydrogen-bond acceptors (Lipinski definition) is 4. The zero-order valence-corrected chi connectivity index (χ0v) is 15.9. The van der Waals surface area contributed by atoms with Crippen LogP contribution in [0.4, 0.5) is 0 Å². The molecule has 0 saturated heterocycles. The van der Waals surface area contributed by atoms with Gasteiger partial charge in [-0.1, -0.05) is 30.3 Å². The van der Waals surface area contributed by atoms with Crippen LogP contribution in [0.3, 0.4) is 0 Å². The van der Waals surface area contributed by atoms with E-state index in [9.17, 15) is 0 Å². The number of H-pyrrole nitrogens is 1. The number of ether oxygens (including phenoxy) is 1. The topological polar surface area (TPSA) is 68.6 Å². The van der Waals surface area contributed by atoms with E-state index in [-0.39, 0.29) is 0 Å². The van der Waals surface area contributed by atoms with Gasteiger partial charge >= 0.3 is 0 Å². The van der Waals surface area contributed by atoms with Crippen LogP contribution in [0, 0.1) is 13.8 Å². The second-order valence-electron chi connectivity index (χ2n) is 6.97. The third kappa shape index (κ3) is 2.53. The van der Waals surface area contributed by atoms with Crippen LogP contribution in [-0.2, 0) is 7.05 Å². The van der Waals surface area contributed by atoms with Crippen LogP contribution in [0.5, 0.6) is 11.5 Å². The van der Waals surface area contributed by atoms with Crippen molar-refractivity contribution < 1.29 is 4.74 Å². The molecule has 0 aliphatic rings. The average Bonchev–Trinajstić information content (AvgIpc) is 3.31. The van der Waals surface area contributed by atoms with Crippen molar-refractivity contribution in [3.63, 3.8) is 0 Å². The summed E-state index contributed by atoms with van der Waals surface area (Å²) in [5.41, 5.74) is 5.76. The molecule has 1 N–H and O–H groups in total. The third-order valence-electron chi connectivity index (χ3n) is 5.05. The summed E-state index contributed by atoms with van der Waals surface area (Å²) in [6.45, 7) is 4.11. The van der Waals surface area contributed by atoms with E-state index in [2.05, 4.69) is 41.3 Å². The first-order valence-electron chi connectivity index (χ1n) is 9.11. The van der Waals surface area contributed by atoms with E-state index in [4.69, 9.17) is 9.72 Å². The molecule has 3 aromatic heterocycles. The monoisotopic (exact) mass is 369 g/mol. The van der Waals surface area contributed by atoms with Crippen LogP contribution in [0.1, 0.15) is 11.1 Å². The van der Waals surface area contributed by atoms with Crippen molar-refractivity contribution in [3.05, 3.63) is 66.0 Å². The molecule has 138 valence electrons. The number of aromatic nitrogens is 5. The molecule has 0 spiro atoms. The lowest BCUT2D eigenvalue weighted by Gasteiger charge is -2.14. The summed E-state index contributed by atoms with van der Waals surface area (Å²) < 4.78 is 8.18. The van der Waals surface area contributed by atoms with E-state index in [1.807, 2.05) is 43.6 Å². The van der Waals surface area contributed by atoms with Crippen LogP contribution in [0.15, 0.2) is 54.9 Å². The highest BCUT2D eigenvalue weighted by Crippen LogP contribution is 2.37. The second-order valence-corrected chi connectivity index (χ2v) is 6.97. The van der Waals surface area contributed by atoms with E-state index in [0.29, 0.717) is 0 Å². The van der Waals surface area contributed by atoms with Gasteiger partial charge in [0.2, 0.25) is 0 Å². The Balaban J connectivity index is 1.75. The molecular weight excluding hydrogens is 350 g/mol. The van der Waals surface area contributed by atoms with Crippen molar-refractivity contribution >= 4 is 21.9 Å². The Bertz CT molecular complexity index is 1310. The molecule has 0 fully saturated rings. The Morgan fingerprint density at radius 1 is 0.964 bits per heavy atom. The molecule has 0 unspecified atom stereocenters. The number of aromatic amines is 1.